The fourth-order valence-corrected chi connectivity index (χ4v) is 7.79. The second-order valence-electron chi connectivity index (χ2n) is 8.17. The number of benzene rings is 4. The number of hydrogen-bond donors (Lipinski definition) is 0. The number of rotatable bonds is 3. The topological polar surface area (TPSA) is 52.6 Å². The summed E-state index contributed by atoms with van der Waals surface area (Å²) >= 11 is 6.82. The van der Waals surface area contributed by atoms with Crippen LogP contribution in [0.4, 0.5) is 0 Å². The van der Waals surface area contributed by atoms with E-state index in [1.807, 2.05) is 60.7 Å². The average Bonchev–Trinajstić information content (AvgIpc) is 3.35. The van der Waals surface area contributed by atoms with E-state index in [1.165, 1.54) is 10.6 Å². The molecule has 37 heavy (non-hydrogen) atoms. The van der Waals surface area contributed by atoms with Gasteiger partial charge in [-0.25, -0.2) is 9.59 Å². The molecule has 8 heteroatoms. The van der Waals surface area contributed by atoms with E-state index in [1.54, 1.807) is 12.1 Å². The predicted octanol–water partition coefficient (Wildman–Crippen LogP) is 4.08. The number of esters is 2. The Hall–Kier alpha value is -2.57. The highest BCUT2D eigenvalue weighted by Gasteiger charge is 2.44. The predicted molar refractivity (Wildman–Crippen MR) is 151 cm³/mol. The lowest BCUT2D eigenvalue weighted by atomic mass is 10.1. The van der Waals surface area contributed by atoms with Crippen molar-refractivity contribution in [3.63, 3.8) is 0 Å². The second-order valence-corrected chi connectivity index (χ2v) is 12.5. The molecule has 2 aliphatic heterocycles. The molecule has 0 saturated carbocycles. The Balaban J connectivity index is 0.000000208. The van der Waals surface area contributed by atoms with E-state index >= 15 is 0 Å². The summed E-state index contributed by atoms with van der Waals surface area (Å²) in [4.78, 5) is 23.4. The quantitative estimate of drug-likeness (QED) is 0.239. The van der Waals surface area contributed by atoms with Gasteiger partial charge < -0.3 is 26.5 Å². The molecule has 4 aromatic carbocycles. The van der Waals surface area contributed by atoms with Gasteiger partial charge in [0.2, 0.25) is 5.85 Å². The number of carbonyl (C=O) groups is 2. The van der Waals surface area contributed by atoms with Gasteiger partial charge in [0.05, 0.1) is 11.1 Å². The van der Waals surface area contributed by atoms with Crippen LogP contribution in [0.2, 0.25) is 0 Å². The fraction of sp³-hybridized carbons (Fsp3) is 0.0345. The Bertz CT molecular complexity index is 1440. The highest BCUT2D eigenvalue weighted by molar-refractivity contribution is 9.10. The van der Waals surface area contributed by atoms with Crippen molar-refractivity contribution in [2.45, 2.75) is 5.85 Å². The first-order valence-electron chi connectivity index (χ1n) is 11.1. The highest BCUT2D eigenvalue weighted by Crippen LogP contribution is 2.54. The van der Waals surface area contributed by atoms with E-state index in [2.05, 4.69) is 62.7 Å². The number of carbonyl (C=O) groups excluding carboxylic acids is 2. The van der Waals surface area contributed by atoms with Crippen LogP contribution in [0.25, 0.3) is 5.76 Å². The van der Waals surface area contributed by atoms with Gasteiger partial charge in [0.15, 0.2) is 0 Å². The van der Waals surface area contributed by atoms with Crippen molar-refractivity contribution in [1.82, 2.24) is 0 Å². The molecular weight excluding hydrogens is 683 g/mol. The average molecular weight is 703 g/mol. The normalized spacial score (nSPS) is 15.1. The standard InChI is InChI=1S/C20H14BrO2P.C9H5BrO2.BrH/c21-14-11-12-17-18(13-14)20(23-19(17)22)24(15-7-3-1-4-8-15)16-9-5-2-6-10-16;1-5-8-4-6(10)2-3-7(8)9(11)12-5;/h1-13,20H;2-4H,1H2;1H. The summed E-state index contributed by atoms with van der Waals surface area (Å²) in [5.74, 6) is -0.338. The van der Waals surface area contributed by atoms with Crippen LogP contribution in [0.5, 0.6) is 0 Å². The van der Waals surface area contributed by atoms with Crippen molar-refractivity contribution in [2.75, 3.05) is 0 Å². The molecule has 0 bridgehead atoms. The van der Waals surface area contributed by atoms with Gasteiger partial charge in [-0.2, -0.15) is 0 Å². The Morgan fingerprint density at radius 1 is 0.676 bits per heavy atom. The van der Waals surface area contributed by atoms with E-state index < -0.39 is 7.92 Å². The van der Waals surface area contributed by atoms with Gasteiger partial charge >= 0.3 is 11.9 Å². The summed E-state index contributed by atoms with van der Waals surface area (Å²) in [6.07, 6.45) is 0. The molecule has 0 saturated heterocycles. The minimum absolute atomic E-state index is 0. The molecule has 4 nitrogen and oxygen atoms in total. The van der Waals surface area contributed by atoms with Crippen LogP contribution >= 0.6 is 39.8 Å². The summed E-state index contributed by atoms with van der Waals surface area (Å²) in [5, 5.41) is 2.47. The molecule has 0 fully saturated rings. The molecular formula is C29H20Br3O4P. The maximum Gasteiger partial charge on any atom is 0.344 e. The van der Waals surface area contributed by atoms with Crippen LogP contribution in [0, 0.1) is 0 Å². The molecule has 2 heterocycles. The number of ether oxygens (including phenoxy) is 2. The Labute approximate surface area is 243 Å². The number of hydrogen-bond acceptors (Lipinski definition) is 4. The monoisotopic (exact) mass is 700 g/mol. The van der Waals surface area contributed by atoms with Crippen LogP contribution in [0.15, 0.2) is 113 Å². The smallest absolute Gasteiger partial charge is 0.344 e. The summed E-state index contributed by atoms with van der Waals surface area (Å²) in [6, 6.07) is 31.8. The number of halogens is 3. The van der Waals surface area contributed by atoms with Crippen LogP contribution in [0.3, 0.4) is 0 Å². The minimum Gasteiger partial charge on any atom is -1.00 e. The molecule has 0 radical (unpaired) electrons. The van der Waals surface area contributed by atoms with Crippen LogP contribution < -0.4 is 27.6 Å². The third-order valence-electron chi connectivity index (χ3n) is 5.89. The van der Waals surface area contributed by atoms with Gasteiger partial charge in [-0.05, 0) is 60.7 Å². The lowest BCUT2D eigenvalue weighted by Gasteiger charge is -2.17. The first-order valence-corrected chi connectivity index (χ1v) is 14.3. The van der Waals surface area contributed by atoms with E-state index in [9.17, 15) is 9.59 Å². The molecule has 1 unspecified atom stereocenters. The molecule has 0 aromatic heterocycles. The third kappa shape index (κ3) is 5.80. The van der Waals surface area contributed by atoms with Crippen molar-refractivity contribution in [2.24, 2.45) is 0 Å². The molecule has 1 atom stereocenters. The summed E-state index contributed by atoms with van der Waals surface area (Å²) in [7, 11) is -1.30. The maximum atomic E-state index is 12.3. The van der Waals surface area contributed by atoms with Crippen molar-refractivity contribution >= 4 is 68.1 Å². The molecule has 186 valence electrons. The molecule has 4 aromatic rings. The summed E-state index contributed by atoms with van der Waals surface area (Å²) in [5.41, 5.74) is 3.02. The van der Waals surface area contributed by atoms with Gasteiger partial charge in [-0.3, -0.25) is 0 Å². The Morgan fingerprint density at radius 3 is 1.81 bits per heavy atom. The SMILES string of the molecule is C=C1OC(=O)c2ccc(Br)cc21.O=C1OC([PH+](c2ccccc2)c2ccccc2)c2cc(Br)ccc21.[Br-]. The van der Waals surface area contributed by atoms with Crippen molar-refractivity contribution < 1.29 is 36.0 Å². The zero-order valence-electron chi connectivity index (χ0n) is 19.3. The Morgan fingerprint density at radius 2 is 1.22 bits per heavy atom. The summed E-state index contributed by atoms with van der Waals surface area (Å²) in [6.45, 7) is 3.62. The molecule has 0 N–H and O–H groups in total. The van der Waals surface area contributed by atoms with Gasteiger partial charge in [-0.15, -0.1) is 0 Å². The van der Waals surface area contributed by atoms with Crippen LogP contribution in [0.1, 0.15) is 37.7 Å². The minimum atomic E-state index is -1.30. The molecule has 6 rings (SSSR count). The third-order valence-corrected chi connectivity index (χ3v) is 9.74. The lowest BCUT2D eigenvalue weighted by Crippen LogP contribution is -3.00. The molecule has 0 aliphatic carbocycles. The zero-order chi connectivity index (χ0) is 25.2. The molecule has 0 amide bonds. The van der Waals surface area contributed by atoms with Gasteiger partial charge in [-0.1, -0.05) is 74.8 Å². The van der Waals surface area contributed by atoms with E-state index in [0.717, 1.165) is 20.1 Å². The van der Waals surface area contributed by atoms with Crippen molar-refractivity contribution in [3.8, 4) is 0 Å². The van der Waals surface area contributed by atoms with Crippen LogP contribution in [-0.2, 0) is 9.47 Å². The summed E-state index contributed by atoms with van der Waals surface area (Å²) < 4.78 is 12.6. The Kier molecular flexibility index (Phi) is 8.81. The van der Waals surface area contributed by atoms with Gasteiger partial charge in [0.25, 0.3) is 0 Å². The van der Waals surface area contributed by atoms with Crippen LogP contribution in [-0.4, -0.2) is 11.9 Å². The largest absolute Gasteiger partial charge is 1.00 e. The number of cyclic esters (lactones) is 2. The van der Waals surface area contributed by atoms with Crippen molar-refractivity contribution in [3.05, 3.63) is 135 Å². The second kappa shape index (κ2) is 11.9. The van der Waals surface area contributed by atoms with E-state index in [-0.39, 0.29) is 34.8 Å². The maximum absolute atomic E-state index is 12.3. The molecule has 0 spiro atoms. The van der Waals surface area contributed by atoms with E-state index in [4.69, 9.17) is 9.47 Å². The van der Waals surface area contributed by atoms with Gasteiger partial charge in [0, 0.05) is 20.1 Å². The molecule has 2 aliphatic rings. The highest BCUT2D eigenvalue weighted by atomic mass is 79.9. The fourth-order valence-electron chi connectivity index (χ4n) is 4.24. The van der Waals surface area contributed by atoms with Gasteiger partial charge in [0.1, 0.15) is 24.3 Å². The van der Waals surface area contributed by atoms with Crippen molar-refractivity contribution in [1.29, 1.82) is 0 Å². The van der Waals surface area contributed by atoms with E-state index in [0.29, 0.717) is 16.9 Å². The number of fused-ring (bicyclic) bond motifs is 2. The first kappa shape index (κ1) is 27.5. The zero-order valence-corrected chi connectivity index (χ0v) is 25.0. The first-order chi connectivity index (χ1) is 17.4. The lowest BCUT2D eigenvalue weighted by molar-refractivity contribution is -0.0000374.